The summed E-state index contributed by atoms with van der Waals surface area (Å²) in [5.74, 6) is 0.723. The minimum Gasteiger partial charge on any atom is -0.283 e. The zero-order valence-corrected chi connectivity index (χ0v) is 34.1. The zero-order chi connectivity index (χ0) is 36.8. The van der Waals surface area contributed by atoms with E-state index < -0.39 is 0 Å². The Balaban J connectivity index is 0.000000168. The fourth-order valence-electron chi connectivity index (χ4n) is 7.64. The zero-order valence-electron chi connectivity index (χ0n) is 30.9. The monoisotopic (exact) mass is 905 g/mol. The normalized spacial score (nSPS) is 12.4. The van der Waals surface area contributed by atoms with E-state index in [1.165, 1.54) is 50.1 Å². The number of rotatable bonds is 4. The molecule has 10 rings (SSSR count). The van der Waals surface area contributed by atoms with Gasteiger partial charge in [-0.15, -0.1) is 64.7 Å². The molecule has 4 nitrogen and oxygen atoms in total. The first-order valence-electron chi connectivity index (χ1n) is 18.1. The van der Waals surface area contributed by atoms with E-state index in [4.69, 9.17) is 9.97 Å². The van der Waals surface area contributed by atoms with Gasteiger partial charge in [0, 0.05) is 47.0 Å². The number of pyridine rings is 1. The summed E-state index contributed by atoms with van der Waals surface area (Å²) in [4.78, 5) is 18.9. The third-order valence-electron chi connectivity index (χ3n) is 10.4. The molecule has 9 aromatic rings. The number of aromatic nitrogens is 4. The van der Waals surface area contributed by atoms with E-state index >= 15 is 0 Å². The second kappa shape index (κ2) is 14.9. The number of para-hydroxylation sites is 1. The molecule has 0 atom stereocenters. The van der Waals surface area contributed by atoms with E-state index in [0.29, 0.717) is 0 Å². The number of hydrogen-bond donors (Lipinski definition) is 0. The topological polar surface area (TPSA) is 51.6 Å². The molecule has 0 unspecified atom stereocenters. The Hall–Kier alpha value is -5.65. The van der Waals surface area contributed by atoms with Gasteiger partial charge in [-0.3, -0.25) is 19.9 Å². The standard InChI is InChI=1S/C31H25N2.C18H11N2S.Ir/c1-19-10-9-11-20(2)28(19)29-24-13-6-8-15-27(24)32-30(33-29)21-16-17-23-22-12-5-7-14-25(22)31(3,4)26(23)18-21;1-2-5-13(6-3-1)14-7-4-8-15(11-14)18-20-16-12-19-10-9-17(16)21-18;/h5-15,17-18H,1-4H3;1-7,9-12H;/q2*-1;. The molecule has 0 bridgehead atoms. The van der Waals surface area contributed by atoms with Gasteiger partial charge < -0.3 is 0 Å². The summed E-state index contributed by atoms with van der Waals surface area (Å²) >= 11 is 1.67. The molecule has 0 saturated heterocycles. The second-order valence-electron chi connectivity index (χ2n) is 14.2. The van der Waals surface area contributed by atoms with Crippen molar-refractivity contribution in [3.05, 3.63) is 180 Å². The summed E-state index contributed by atoms with van der Waals surface area (Å²) in [7, 11) is 0. The number of thiazole rings is 1. The Bertz CT molecular complexity index is 2790. The van der Waals surface area contributed by atoms with Crippen LogP contribution in [0.5, 0.6) is 0 Å². The maximum Gasteiger partial charge on any atom is 0.0880 e. The largest absolute Gasteiger partial charge is 0.283 e. The van der Waals surface area contributed by atoms with Gasteiger partial charge in [0.2, 0.25) is 0 Å². The van der Waals surface area contributed by atoms with Crippen molar-refractivity contribution in [3.63, 3.8) is 0 Å². The van der Waals surface area contributed by atoms with Crippen LogP contribution in [0.1, 0.15) is 36.1 Å². The van der Waals surface area contributed by atoms with Crippen LogP contribution in [0.2, 0.25) is 0 Å². The number of benzene rings is 6. The fourth-order valence-corrected chi connectivity index (χ4v) is 8.55. The van der Waals surface area contributed by atoms with Crippen molar-refractivity contribution in [2.24, 2.45) is 0 Å². The van der Waals surface area contributed by atoms with Crippen molar-refractivity contribution in [1.29, 1.82) is 0 Å². The first-order chi connectivity index (χ1) is 26.3. The average Bonchev–Trinajstić information content (AvgIpc) is 3.75. The Labute approximate surface area is 339 Å². The molecule has 6 heteroatoms. The summed E-state index contributed by atoms with van der Waals surface area (Å²) in [6.45, 7) is 8.90. The third-order valence-corrected chi connectivity index (χ3v) is 11.5. The predicted octanol–water partition coefficient (Wildman–Crippen LogP) is 12.5. The van der Waals surface area contributed by atoms with Crippen molar-refractivity contribution in [2.45, 2.75) is 33.1 Å². The fraction of sp³-hybridized carbons (Fsp3) is 0.102. The first kappa shape index (κ1) is 36.3. The maximum absolute atomic E-state index is 5.14. The van der Waals surface area contributed by atoms with Gasteiger partial charge in [0.25, 0.3) is 0 Å². The molecule has 1 radical (unpaired) electrons. The van der Waals surface area contributed by atoms with Crippen molar-refractivity contribution in [3.8, 4) is 55.5 Å². The van der Waals surface area contributed by atoms with Crippen molar-refractivity contribution in [1.82, 2.24) is 19.9 Å². The van der Waals surface area contributed by atoms with Crippen LogP contribution in [-0.4, -0.2) is 19.9 Å². The molecule has 6 aromatic carbocycles. The first-order valence-corrected chi connectivity index (χ1v) is 18.9. The Morgan fingerprint density at radius 2 is 1.38 bits per heavy atom. The van der Waals surface area contributed by atoms with Crippen LogP contribution in [0.3, 0.4) is 0 Å². The molecular formula is C49H36IrN4S-2. The summed E-state index contributed by atoms with van der Waals surface area (Å²) in [6.07, 6.45) is 3.60. The quantitative estimate of drug-likeness (QED) is 0.165. The van der Waals surface area contributed by atoms with Gasteiger partial charge in [-0.1, -0.05) is 116 Å². The molecular weight excluding hydrogens is 869 g/mol. The molecule has 0 aliphatic heterocycles. The van der Waals surface area contributed by atoms with E-state index in [0.717, 1.165) is 48.8 Å². The van der Waals surface area contributed by atoms with Crippen LogP contribution in [0.4, 0.5) is 0 Å². The van der Waals surface area contributed by atoms with Crippen LogP contribution < -0.4 is 0 Å². The van der Waals surface area contributed by atoms with Crippen molar-refractivity contribution < 1.29 is 20.1 Å². The number of aryl methyl sites for hydroxylation is 2. The second-order valence-corrected chi connectivity index (χ2v) is 15.3. The van der Waals surface area contributed by atoms with E-state index in [1.54, 1.807) is 23.7 Å². The van der Waals surface area contributed by atoms with E-state index in [-0.39, 0.29) is 25.5 Å². The Morgan fingerprint density at radius 3 is 2.20 bits per heavy atom. The SMILES string of the molecule is Cc1cccc(C)c1-c1nc(-c2[c-]cc3c(c2)C(C)(C)c2ccccc2-3)nc2ccccc12.[Ir].[c-]1ccc(-c2ccccc2)cc1-c1nc2cnccc2s1. The van der Waals surface area contributed by atoms with E-state index in [9.17, 15) is 0 Å². The van der Waals surface area contributed by atoms with Gasteiger partial charge in [0.1, 0.15) is 0 Å². The summed E-state index contributed by atoms with van der Waals surface area (Å²) in [5.41, 5.74) is 16.0. The van der Waals surface area contributed by atoms with Crippen LogP contribution in [0.15, 0.2) is 146 Å². The van der Waals surface area contributed by atoms with Gasteiger partial charge in [0.15, 0.2) is 0 Å². The average molecular weight is 905 g/mol. The molecule has 55 heavy (non-hydrogen) atoms. The minimum atomic E-state index is -0.0674. The van der Waals surface area contributed by atoms with Crippen molar-refractivity contribution in [2.75, 3.05) is 0 Å². The maximum atomic E-state index is 5.14. The summed E-state index contributed by atoms with van der Waals surface area (Å²) in [5, 5.41) is 2.06. The van der Waals surface area contributed by atoms with Crippen LogP contribution in [0, 0.1) is 26.0 Å². The van der Waals surface area contributed by atoms with Gasteiger partial charge in [-0.05, 0) is 53.6 Å². The van der Waals surface area contributed by atoms with E-state index in [2.05, 4.69) is 159 Å². The third kappa shape index (κ3) is 6.72. The molecule has 1 aliphatic carbocycles. The molecule has 3 aromatic heterocycles. The van der Waals surface area contributed by atoms with E-state index in [1.807, 2.05) is 24.3 Å². The Morgan fingerprint density at radius 1 is 0.618 bits per heavy atom. The number of nitrogens with zero attached hydrogens (tertiary/aromatic N) is 4. The Kier molecular flexibility index (Phi) is 9.83. The van der Waals surface area contributed by atoms with Crippen LogP contribution in [-0.2, 0) is 25.5 Å². The minimum absolute atomic E-state index is 0. The van der Waals surface area contributed by atoms with Crippen molar-refractivity contribution >= 4 is 32.5 Å². The molecule has 269 valence electrons. The molecule has 0 N–H and O–H groups in total. The molecule has 0 fully saturated rings. The molecule has 0 spiro atoms. The summed E-state index contributed by atoms with van der Waals surface area (Å²) < 4.78 is 1.15. The molecule has 1 aliphatic rings. The summed E-state index contributed by atoms with van der Waals surface area (Å²) in [6, 6.07) is 53.1. The molecule has 0 saturated carbocycles. The number of hydrogen-bond acceptors (Lipinski definition) is 5. The molecule has 3 heterocycles. The van der Waals surface area contributed by atoms with Gasteiger partial charge in [0.05, 0.1) is 28.7 Å². The smallest absolute Gasteiger partial charge is 0.0880 e. The molecule has 0 amide bonds. The van der Waals surface area contributed by atoms with Crippen LogP contribution >= 0.6 is 11.3 Å². The van der Waals surface area contributed by atoms with Crippen LogP contribution in [0.25, 0.3) is 76.6 Å². The predicted molar refractivity (Wildman–Crippen MR) is 223 cm³/mol. The number of fused-ring (bicyclic) bond motifs is 5. The van der Waals surface area contributed by atoms with Gasteiger partial charge in [-0.2, -0.15) is 11.3 Å². The van der Waals surface area contributed by atoms with Gasteiger partial charge >= 0.3 is 0 Å². The van der Waals surface area contributed by atoms with Gasteiger partial charge in [-0.25, -0.2) is 0 Å².